The van der Waals surface area contributed by atoms with E-state index in [0.717, 1.165) is 21.9 Å². The van der Waals surface area contributed by atoms with E-state index in [9.17, 15) is 9.59 Å². The number of anilines is 3. The van der Waals surface area contributed by atoms with Crippen LogP contribution in [0.25, 0.3) is 10.8 Å². The fraction of sp³-hybridized carbons (Fsp3) is 0.143. The molecule has 6 heteroatoms. The van der Waals surface area contributed by atoms with Crippen molar-refractivity contribution in [3.8, 4) is 0 Å². The van der Waals surface area contributed by atoms with Crippen LogP contribution in [0, 0.1) is 6.07 Å². The van der Waals surface area contributed by atoms with E-state index in [2.05, 4.69) is 35.9 Å². The lowest BCUT2D eigenvalue weighted by Gasteiger charge is -2.19. The second-order valence-corrected chi connectivity index (χ2v) is 8.31. The number of hydrogen-bond acceptors (Lipinski definition) is 3. The van der Waals surface area contributed by atoms with Crippen LogP contribution in [0.1, 0.15) is 41.3 Å². The highest BCUT2D eigenvalue weighted by Crippen LogP contribution is 2.29. The van der Waals surface area contributed by atoms with Crippen LogP contribution < -0.4 is 21.7 Å². The van der Waals surface area contributed by atoms with Gasteiger partial charge in [0.15, 0.2) is 0 Å². The molecule has 5 N–H and O–H groups in total. The van der Waals surface area contributed by atoms with E-state index in [1.165, 1.54) is 0 Å². The molecule has 171 valence electrons. The first kappa shape index (κ1) is 23.0. The first-order valence-electron chi connectivity index (χ1n) is 11.2. The van der Waals surface area contributed by atoms with Gasteiger partial charge in [0.05, 0.1) is 16.9 Å². The first-order chi connectivity index (χ1) is 16.5. The number of amides is 3. The molecule has 1 radical (unpaired) electrons. The maximum absolute atomic E-state index is 13.2. The van der Waals surface area contributed by atoms with Gasteiger partial charge in [-0.05, 0) is 58.1 Å². The third-order valence-electron chi connectivity index (χ3n) is 5.62. The lowest BCUT2D eigenvalue weighted by atomic mass is 9.97. The van der Waals surface area contributed by atoms with Crippen molar-refractivity contribution in [2.45, 2.75) is 26.3 Å². The quantitative estimate of drug-likeness (QED) is 0.284. The minimum absolute atomic E-state index is 0.201. The van der Waals surface area contributed by atoms with Gasteiger partial charge in [-0.1, -0.05) is 68.4 Å². The summed E-state index contributed by atoms with van der Waals surface area (Å²) < 4.78 is 0. The van der Waals surface area contributed by atoms with Gasteiger partial charge in [0.25, 0.3) is 5.91 Å². The Morgan fingerprint density at radius 2 is 1.59 bits per heavy atom. The molecule has 0 bridgehead atoms. The number of hydrogen-bond donors (Lipinski definition) is 4. The molecule has 4 aromatic carbocycles. The molecule has 34 heavy (non-hydrogen) atoms. The van der Waals surface area contributed by atoms with Crippen molar-refractivity contribution in [1.82, 2.24) is 0 Å². The molecule has 0 aliphatic rings. The van der Waals surface area contributed by atoms with Gasteiger partial charge in [-0.25, -0.2) is 4.79 Å². The Morgan fingerprint density at radius 3 is 2.26 bits per heavy atom. The van der Waals surface area contributed by atoms with Crippen LogP contribution >= 0.6 is 0 Å². The van der Waals surface area contributed by atoms with Crippen molar-refractivity contribution in [2.24, 2.45) is 5.73 Å². The second-order valence-electron chi connectivity index (χ2n) is 8.31. The van der Waals surface area contributed by atoms with Crippen molar-refractivity contribution in [3.63, 3.8) is 0 Å². The minimum Gasteiger partial charge on any atom is -0.326 e. The average Bonchev–Trinajstić information content (AvgIpc) is 2.84. The number of para-hydroxylation sites is 1. The number of benzene rings is 4. The molecule has 4 rings (SSSR count). The molecular weight excluding hydrogens is 424 g/mol. The minimum atomic E-state index is -0.443. The number of urea groups is 1. The number of nitrogens with one attached hydrogen (secondary N) is 3. The normalized spacial score (nSPS) is 10.8. The van der Waals surface area contributed by atoms with Crippen LogP contribution in [0.5, 0.6) is 0 Å². The predicted octanol–water partition coefficient (Wildman–Crippen LogP) is 6.12. The molecule has 0 saturated heterocycles. The smallest absolute Gasteiger partial charge is 0.323 e. The largest absolute Gasteiger partial charge is 0.326 e. The number of carbonyl (C=O) groups is 2. The number of nitrogens with two attached hydrogens (primary N) is 1. The van der Waals surface area contributed by atoms with Crippen molar-refractivity contribution in [2.75, 3.05) is 16.0 Å². The topological polar surface area (TPSA) is 96.2 Å². The molecule has 0 aliphatic carbocycles. The van der Waals surface area contributed by atoms with Crippen LogP contribution in [-0.4, -0.2) is 11.9 Å². The van der Waals surface area contributed by atoms with E-state index in [1.54, 1.807) is 36.4 Å². The molecule has 0 saturated carbocycles. The SMILES string of the molecule is CC(C)c1cccc(CN)c1NC(=O)Nc1cc2ccccc2cc1C(=O)Nc1cc[c]cc1. The Labute approximate surface area is 199 Å². The van der Waals surface area contributed by atoms with Crippen LogP contribution in [0.4, 0.5) is 21.9 Å². The third kappa shape index (κ3) is 5.08. The van der Waals surface area contributed by atoms with Crippen molar-refractivity contribution in [3.05, 3.63) is 102 Å². The van der Waals surface area contributed by atoms with Gasteiger partial charge in [-0.3, -0.25) is 4.79 Å². The molecule has 0 heterocycles. The van der Waals surface area contributed by atoms with E-state index >= 15 is 0 Å². The van der Waals surface area contributed by atoms with E-state index in [1.807, 2.05) is 42.5 Å². The van der Waals surface area contributed by atoms with Gasteiger partial charge in [0, 0.05) is 12.2 Å². The molecule has 0 atom stereocenters. The third-order valence-corrected chi connectivity index (χ3v) is 5.62. The van der Waals surface area contributed by atoms with E-state index < -0.39 is 6.03 Å². The Morgan fingerprint density at radius 1 is 0.882 bits per heavy atom. The number of fused-ring (bicyclic) bond motifs is 1. The summed E-state index contributed by atoms with van der Waals surface area (Å²) in [6, 6.07) is 26.5. The lowest BCUT2D eigenvalue weighted by Crippen LogP contribution is -2.24. The van der Waals surface area contributed by atoms with Crippen LogP contribution in [0.3, 0.4) is 0 Å². The lowest BCUT2D eigenvalue weighted by molar-refractivity contribution is 0.102. The summed E-state index contributed by atoms with van der Waals surface area (Å²) in [5, 5.41) is 10.5. The highest BCUT2D eigenvalue weighted by atomic mass is 16.2. The molecule has 6 nitrogen and oxygen atoms in total. The number of rotatable bonds is 6. The molecule has 3 amide bonds. The van der Waals surface area contributed by atoms with Crippen molar-refractivity contribution >= 4 is 39.8 Å². The van der Waals surface area contributed by atoms with Crippen LogP contribution in [-0.2, 0) is 6.54 Å². The fourth-order valence-electron chi connectivity index (χ4n) is 3.89. The monoisotopic (exact) mass is 451 g/mol. The molecule has 0 spiro atoms. The molecule has 0 aromatic heterocycles. The summed E-state index contributed by atoms with van der Waals surface area (Å²) in [7, 11) is 0. The van der Waals surface area contributed by atoms with E-state index in [-0.39, 0.29) is 11.8 Å². The maximum Gasteiger partial charge on any atom is 0.323 e. The highest BCUT2D eigenvalue weighted by molar-refractivity contribution is 6.14. The molecule has 0 unspecified atom stereocenters. The predicted molar refractivity (Wildman–Crippen MR) is 138 cm³/mol. The first-order valence-corrected chi connectivity index (χ1v) is 11.2. The summed E-state index contributed by atoms with van der Waals surface area (Å²) in [6.07, 6.45) is 0. The highest BCUT2D eigenvalue weighted by Gasteiger charge is 2.18. The number of carbonyl (C=O) groups excluding carboxylic acids is 2. The molecule has 0 aliphatic heterocycles. The van der Waals surface area contributed by atoms with Gasteiger partial charge in [-0.15, -0.1) is 0 Å². The Kier molecular flexibility index (Phi) is 6.90. The van der Waals surface area contributed by atoms with Crippen molar-refractivity contribution < 1.29 is 9.59 Å². The Hall–Kier alpha value is -4.16. The summed E-state index contributed by atoms with van der Waals surface area (Å²) >= 11 is 0. The van der Waals surface area contributed by atoms with E-state index in [4.69, 9.17) is 5.73 Å². The molecule has 4 aromatic rings. The van der Waals surface area contributed by atoms with Gasteiger partial charge in [0.2, 0.25) is 0 Å². The summed E-state index contributed by atoms with van der Waals surface area (Å²) in [4.78, 5) is 26.2. The van der Waals surface area contributed by atoms with Crippen LogP contribution in [0.15, 0.2) is 78.9 Å². The second kappa shape index (κ2) is 10.2. The summed E-state index contributed by atoms with van der Waals surface area (Å²) in [5.41, 5.74) is 9.87. The zero-order chi connectivity index (χ0) is 24.1. The Bertz CT molecular complexity index is 1330. The van der Waals surface area contributed by atoms with Crippen LogP contribution in [0.2, 0.25) is 0 Å². The maximum atomic E-state index is 13.2. The van der Waals surface area contributed by atoms with Gasteiger partial charge >= 0.3 is 6.03 Å². The molecule has 0 fully saturated rings. The summed E-state index contributed by atoms with van der Waals surface area (Å²) in [6.45, 7) is 4.42. The zero-order valence-corrected chi connectivity index (χ0v) is 19.2. The Balaban J connectivity index is 1.67. The van der Waals surface area contributed by atoms with Gasteiger partial charge in [-0.2, -0.15) is 0 Å². The summed E-state index contributed by atoms with van der Waals surface area (Å²) in [5.74, 6) is -0.121. The van der Waals surface area contributed by atoms with E-state index in [0.29, 0.717) is 29.2 Å². The van der Waals surface area contributed by atoms with Crippen molar-refractivity contribution in [1.29, 1.82) is 0 Å². The molecular formula is C28H27N4O2. The fourth-order valence-corrected chi connectivity index (χ4v) is 3.89. The zero-order valence-electron chi connectivity index (χ0n) is 19.2. The van der Waals surface area contributed by atoms with Gasteiger partial charge in [0.1, 0.15) is 0 Å². The standard InChI is InChI=1S/C28H27N4O2/c1-18(2)23-14-8-11-21(17-29)26(23)32-28(34)31-25-16-20-10-7-6-9-19(20)15-24(25)27(33)30-22-12-4-3-5-13-22/h4-16,18H,17,29H2,1-2H3,(H,30,33)(H2,31,32,34). The average molecular weight is 452 g/mol. The van der Waals surface area contributed by atoms with Gasteiger partial charge < -0.3 is 21.7 Å².